The minimum Gasteiger partial charge on any atom is -0.316 e. The number of hydrogen-bond donors (Lipinski definition) is 1. The van der Waals surface area contributed by atoms with E-state index in [-0.39, 0.29) is 12.4 Å². The van der Waals surface area contributed by atoms with E-state index in [0.29, 0.717) is 5.41 Å². The number of hydrogen-bond acceptors (Lipinski definition) is 2. The van der Waals surface area contributed by atoms with Crippen LogP contribution in [-0.4, -0.2) is 13.1 Å². The largest absolute Gasteiger partial charge is 0.316 e. The molecule has 0 unspecified atom stereocenters. The lowest BCUT2D eigenvalue weighted by Crippen LogP contribution is -2.56. The van der Waals surface area contributed by atoms with Crippen LogP contribution in [0.15, 0.2) is 17.5 Å². The van der Waals surface area contributed by atoms with E-state index in [4.69, 9.17) is 0 Å². The van der Waals surface area contributed by atoms with Crippen molar-refractivity contribution < 1.29 is 0 Å². The Kier molecular flexibility index (Phi) is 5.45. The number of thiophene rings is 1. The molecule has 4 aliphatic rings. The van der Waals surface area contributed by atoms with Gasteiger partial charge in [0.05, 0.1) is 0 Å². The molecule has 0 aliphatic heterocycles. The van der Waals surface area contributed by atoms with Gasteiger partial charge >= 0.3 is 0 Å². The Balaban J connectivity index is 0.00000156. The van der Waals surface area contributed by atoms with Crippen LogP contribution < -0.4 is 5.32 Å². The summed E-state index contributed by atoms with van der Waals surface area (Å²) in [6.07, 6.45) is 9.02. The topological polar surface area (TPSA) is 12.0 Å². The van der Waals surface area contributed by atoms with E-state index in [1.54, 1.807) is 11.3 Å². The predicted octanol–water partition coefficient (Wildman–Crippen LogP) is 5.50. The number of halogens is 1. The van der Waals surface area contributed by atoms with Crippen LogP contribution in [-0.2, 0) is 5.41 Å². The van der Waals surface area contributed by atoms with Gasteiger partial charge < -0.3 is 5.32 Å². The fourth-order valence-corrected chi connectivity index (χ4v) is 7.30. The Hall–Kier alpha value is -0.0500. The number of nitrogens with one attached hydrogen (secondary N) is 1. The Bertz CT molecular complexity index is 468. The highest BCUT2D eigenvalue weighted by molar-refractivity contribution is 7.10. The maximum Gasteiger partial charge on any atom is 0.0116 e. The quantitative estimate of drug-likeness (QED) is 0.666. The van der Waals surface area contributed by atoms with Crippen LogP contribution in [0.4, 0.5) is 0 Å². The third-order valence-corrected chi connectivity index (χ3v) is 7.91. The molecule has 4 bridgehead atoms. The van der Waals surface area contributed by atoms with Crippen molar-refractivity contribution in [3.8, 4) is 0 Å². The monoisotopic (exact) mass is 353 g/mol. The van der Waals surface area contributed by atoms with Crippen LogP contribution >= 0.6 is 23.7 Å². The molecular formula is C20H32ClNS. The minimum atomic E-state index is 0. The Labute approximate surface area is 152 Å². The van der Waals surface area contributed by atoms with Crippen molar-refractivity contribution in [1.82, 2.24) is 5.32 Å². The summed E-state index contributed by atoms with van der Waals surface area (Å²) in [5.41, 5.74) is 0.519. The first kappa shape index (κ1) is 17.8. The van der Waals surface area contributed by atoms with Gasteiger partial charge in [0, 0.05) is 10.3 Å². The molecule has 0 aromatic carbocycles. The zero-order chi connectivity index (χ0) is 15.2. The summed E-state index contributed by atoms with van der Waals surface area (Å²) in [5.74, 6) is 4.85. The maximum absolute atomic E-state index is 3.74. The highest BCUT2D eigenvalue weighted by atomic mass is 35.5. The third kappa shape index (κ3) is 3.12. The van der Waals surface area contributed by atoms with Gasteiger partial charge in [-0.25, -0.2) is 0 Å². The van der Waals surface area contributed by atoms with Crippen molar-refractivity contribution in [3.05, 3.63) is 22.4 Å². The van der Waals surface area contributed by atoms with Crippen LogP contribution in [0.2, 0.25) is 0 Å². The molecule has 3 heteroatoms. The molecule has 1 nitrogen and oxygen atoms in total. The second kappa shape index (κ2) is 7.06. The molecule has 1 aromatic heterocycles. The van der Waals surface area contributed by atoms with Gasteiger partial charge in [-0.05, 0) is 92.7 Å². The van der Waals surface area contributed by atoms with Crippen LogP contribution in [0.1, 0.15) is 57.2 Å². The highest BCUT2D eigenvalue weighted by Crippen LogP contribution is 2.64. The first-order chi connectivity index (χ1) is 10.7. The molecule has 0 radical (unpaired) electrons. The average Bonchev–Trinajstić information content (AvgIpc) is 3.00. The summed E-state index contributed by atoms with van der Waals surface area (Å²) in [4.78, 5) is 1.72. The van der Waals surface area contributed by atoms with Crippen LogP contribution in [0.5, 0.6) is 0 Å². The van der Waals surface area contributed by atoms with Crippen LogP contribution in [0, 0.1) is 29.6 Å². The van der Waals surface area contributed by atoms with E-state index in [9.17, 15) is 0 Å². The van der Waals surface area contributed by atoms with Gasteiger partial charge in [-0.2, -0.15) is 0 Å². The minimum absolute atomic E-state index is 0. The highest BCUT2D eigenvalue weighted by Gasteiger charge is 2.57. The van der Waals surface area contributed by atoms with Gasteiger partial charge in [-0.1, -0.05) is 19.9 Å². The third-order valence-electron chi connectivity index (χ3n) is 6.84. The van der Waals surface area contributed by atoms with Crippen molar-refractivity contribution >= 4 is 23.7 Å². The van der Waals surface area contributed by atoms with Crippen molar-refractivity contribution in [2.75, 3.05) is 13.1 Å². The lowest BCUT2D eigenvalue weighted by Gasteiger charge is -2.61. The van der Waals surface area contributed by atoms with E-state index < -0.39 is 0 Å². The molecule has 0 spiro atoms. The molecular weight excluding hydrogens is 322 g/mol. The summed E-state index contributed by atoms with van der Waals surface area (Å²) in [6.45, 7) is 7.00. The summed E-state index contributed by atoms with van der Waals surface area (Å²) in [6, 6.07) is 4.74. The molecule has 0 atom stereocenters. The molecule has 0 saturated heterocycles. The van der Waals surface area contributed by atoms with E-state index >= 15 is 0 Å². The van der Waals surface area contributed by atoms with E-state index in [0.717, 1.165) is 29.6 Å². The first-order valence-electron chi connectivity index (χ1n) is 9.43. The maximum atomic E-state index is 3.74. The van der Waals surface area contributed by atoms with Crippen LogP contribution in [0.3, 0.4) is 0 Å². The van der Waals surface area contributed by atoms with E-state index in [1.807, 2.05) is 11.3 Å². The normalized spacial score (nSPS) is 38.0. The SMILES string of the molecule is CC(C)CNCCC1(c2cccs2)C2CC3CC(C2)CC1C3.Cl. The van der Waals surface area contributed by atoms with Gasteiger partial charge in [-0.3, -0.25) is 0 Å². The second-order valence-electron chi connectivity index (χ2n) is 8.67. The summed E-state index contributed by atoms with van der Waals surface area (Å²) < 4.78 is 0. The van der Waals surface area contributed by atoms with Gasteiger partial charge in [0.2, 0.25) is 0 Å². The first-order valence-corrected chi connectivity index (χ1v) is 10.3. The molecule has 4 saturated carbocycles. The molecule has 4 aliphatic carbocycles. The fraction of sp³-hybridized carbons (Fsp3) is 0.800. The van der Waals surface area contributed by atoms with Gasteiger partial charge in [-0.15, -0.1) is 23.7 Å². The lowest BCUT2D eigenvalue weighted by molar-refractivity contribution is -0.0630. The molecule has 0 amide bonds. The summed E-state index contributed by atoms with van der Waals surface area (Å²) in [7, 11) is 0. The number of rotatable bonds is 6. The second-order valence-corrected chi connectivity index (χ2v) is 9.62. The van der Waals surface area contributed by atoms with E-state index in [1.165, 1.54) is 45.2 Å². The molecule has 1 aromatic rings. The van der Waals surface area contributed by atoms with Crippen molar-refractivity contribution in [3.63, 3.8) is 0 Å². The molecule has 4 fully saturated rings. The fourth-order valence-electron chi connectivity index (χ4n) is 6.19. The Morgan fingerprint density at radius 2 is 1.78 bits per heavy atom. The van der Waals surface area contributed by atoms with Crippen molar-refractivity contribution in [2.45, 2.75) is 57.8 Å². The molecule has 23 heavy (non-hydrogen) atoms. The standard InChI is InChI=1S/C20H31NS.ClH/c1-14(2)13-21-6-5-20(19-4-3-7-22-19)17-9-15-8-16(11-17)12-18(20)10-15;/h3-4,7,14-18,21H,5-6,8-13H2,1-2H3;1H. The zero-order valence-electron chi connectivity index (χ0n) is 14.6. The Morgan fingerprint density at radius 1 is 1.13 bits per heavy atom. The van der Waals surface area contributed by atoms with Crippen molar-refractivity contribution in [2.24, 2.45) is 29.6 Å². The summed E-state index contributed by atoms with van der Waals surface area (Å²) >= 11 is 2.04. The van der Waals surface area contributed by atoms with E-state index in [2.05, 4.69) is 36.7 Å². The molecule has 5 rings (SSSR count). The lowest BCUT2D eigenvalue weighted by atomic mass is 9.44. The zero-order valence-corrected chi connectivity index (χ0v) is 16.2. The molecule has 130 valence electrons. The van der Waals surface area contributed by atoms with Gasteiger partial charge in [0.25, 0.3) is 0 Å². The van der Waals surface area contributed by atoms with Crippen LogP contribution in [0.25, 0.3) is 0 Å². The predicted molar refractivity (Wildman–Crippen MR) is 103 cm³/mol. The van der Waals surface area contributed by atoms with Gasteiger partial charge in [0.1, 0.15) is 0 Å². The smallest absolute Gasteiger partial charge is 0.0116 e. The Morgan fingerprint density at radius 3 is 2.30 bits per heavy atom. The van der Waals surface area contributed by atoms with Gasteiger partial charge in [0.15, 0.2) is 0 Å². The molecule has 1 N–H and O–H groups in total. The average molecular weight is 354 g/mol. The molecule has 1 heterocycles. The summed E-state index contributed by atoms with van der Waals surface area (Å²) in [5, 5.41) is 6.04. The van der Waals surface area contributed by atoms with Crippen molar-refractivity contribution in [1.29, 1.82) is 0 Å².